The summed E-state index contributed by atoms with van der Waals surface area (Å²) in [7, 11) is -1.97. The van der Waals surface area contributed by atoms with Gasteiger partial charge in [-0.05, 0) is 54.7 Å². The van der Waals surface area contributed by atoms with Gasteiger partial charge >= 0.3 is 0 Å². The second-order valence-corrected chi connectivity index (χ2v) is 11.1. The van der Waals surface area contributed by atoms with Gasteiger partial charge in [0.2, 0.25) is 15.9 Å². The molecule has 0 radical (unpaired) electrons. The Labute approximate surface area is 220 Å². The van der Waals surface area contributed by atoms with Crippen molar-refractivity contribution in [1.82, 2.24) is 14.9 Å². The minimum absolute atomic E-state index is 0.183. The van der Waals surface area contributed by atoms with Gasteiger partial charge in [0.05, 0.1) is 25.0 Å². The zero-order valence-corrected chi connectivity index (χ0v) is 22.8. The number of sulfonamides is 1. The van der Waals surface area contributed by atoms with Gasteiger partial charge in [0, 0.05) is 32.6 Å². The largest absolute Gasteiger partial charge is 0.497 e. The van der Waals surface area contributed by atoms with Gasteiger partial charge in [0.15, 0.2) is 0 Å². The molecule has 0 spiro atoms. The fourth-order valence-corrected chi connectivity index (χ4v) is 5.59. The van der Waals surface area contributed by atoms with Gasteiger partial charge in [-0.25, -0.2) is 17.1 Å². The van der Waals surface area contributed by atoms with Crippen LogP contribution in [-0.4, -0.2) is 68.4 Å². The van der Waals surface area contributed by atoms with Crippen molar-refractivity contribution >= 4 is 15.9 Å². The molecule has 206 valence electrons. The molecule has 0 aliphatic rings. The van der Waals surface area contributed by atoms with Crippen LogP contribution in [0, 0.1) is 5.82 Å². The van der Waals surface area contributed by atoms with E-state index in [9.17, 15) is 22.7 Å². The smallest absolute Gasteiger partial charge is 0.221 e. The Balaban J connectivity index is 2.02. The molecule has 2 rings (SSSR count). The second-order valence-electron chi connectivity index (χ2n) is 9.02. The molecule has 1 amide bonds. The van der Waals surface area contributed by atoms with Crippen LogP contribution >= 0.6 is 0 Å². The molecule has 0 saturated carbocycles. The molecular formula is C27H40FN3O5S. The number of hydrogen-bond donors (Lipinski definition) is 3. The zero-order chi connectivity index (χ0) is 27.3. The van der Waals surface area contributed by atoms with Crippen LogP contribution < -0.4 is 15.4 Å². The number of aliphatic hydroxyl groups is 1. The number of nitrogens with zero attached hydrogens (tertiary/aromatic N) is 1. The first-order valence-corrected chi connectivity index (χ1v) is 14.3. The number of halogens is 1. The van der Waals surface area contributed by atoms with Crippen molar-refractivity contribution in [3.05, 3.63) is 65.5 Å². The number of rotatable bonds is 17. The summed E-state index contributed by atoms with van der Waals surface area (Å²) < 4.78 is 45.5. The predicted molar refractivity (Wildman–Crippen MR) is 143 cm³/mol. The topological polar surface area (TPSA) is 108 Å². The van der Waals surface area contributed by atoms with Crippen LogP contribution in [-0.2, 0) is 27.8 Å². The molecule has 37 heavy (non-hydrogen) atoms. The van der Waals surface area contributed by atoms with Crippen LogP contribution in [0.4, 0.5) is 4.39 Å². The average molecular weight is 538 g/mol. The fourth-order valence-electron chi connectivity index (χ4n) is 3.97. The molecule has 0 heterocycles. The maximum absolute atomic E-state index is 13.4. The summed E-state index contributed by atoms with van der Waals surface area (Å²) in [5.41, 5.74) is 1.71. The maximum atomic E-state index is 13.4. The lowest BCUT2D eigenvalue weighted by Crippen LogP contribution is -2.49. The van der Waals surface area contributed by atoms with Crippen molar-refractivity contribution in [3.63, 3.8) is 0 Å². The standard InChI is InChI=1S/C27H40FN3O5S/c1-4-14-31(15-5-2)37(34,35)16-13-27(33)30-25(18-21-9-11-23(28)12-10-21)26(32)20-29-19-22-7-6-8-24(17-22)36-3/h6-12,17,25-26,29,32H,4-5,13-16,18-20H2,1-3H3,(H,30,33)/t25-,26+/m0/s1. The number of hydrogen-bond acceptors (Lipinski definition) is 6. The number of benzene rings is 2. The van der Waals surface area contributed by atoms with Gasteiger partial charge in [0.1, 0.15) is 11.6 Å². The van der Waals surface area contributed by atoms with Crippen molar-refractivity contribution in [1.29, 1.82) is 0 Å². The van der Waals surface area contributed by atoms with E-state index in [-0.39, 0.29) is 31.0 Å². The molecule has 3 N–H and O–H groups in total. The first-order chi connectivity index (χ1) is 17.7. The summed E-state index contributed by atoms with van der Waals surface area (Å²) in [5.74, 6) is -0.409. The van der Waals surface area contributed by atoms with Crippen LogP contribution in [0.5, 0.6) is 5.75 Å². The van der Waals surface area contributed by atoms with Gasteiger partial charge in [-0.1, -0.05) is 38.1 Å². The summed E-state index contributed by atoms with van der Waals surface area (Å²) in [6.07, 6.45) is 0.475. The third-order valence-corrected chi connectivity index (χ3v) is 7.79. The lowest BCUT2D eigenvalue weighted by molar-refractivity contribution is -0.122. The van der Waals surface area contributed by atoms with E-state index in [1.807, 2.05) is 38.1 Å². The summed E-state index contributed by atoms with van der Waals surface area (Å²) in [4.78, 5) is 12.8. The van der Waals surface area contributed by atoms with Crippen LogP contribution in [0.25, 0.3) is 0 Å². The molecule has 0 aromatic heterocycles. The Bertz CT molecular complexity index is 1060. The van der Waals surface area contributed by atoms with Gasteiger partial charge in [0.25, 0.3) is 0 Å². The number of methoxy groups -OCH3 is 1. The minimum Gasteiger partial charge on any atom is -0.497 e. The van der Waals surface area contributed by atoms with Crippen LogP contribution in [0.15, 0.2) is 48.5 Å². The fraction of sp³-hybridized carbons (Fsp3) is 0.519. The van der Waals surface area contributed by atoms with Crippen molar-refractivity contribution in [2.75, 3.05) is 32.5 Å². The highest BCUT2D eigenvalue weighted by molar-refractivity contribution is 7.89. The van der Waals surface area contributed by atoms with Crippen molar-refractivity contribution in [2.24, 2.45) is 0 Å². The molecule has 0 unspecified atom stereocenters. The maximum Gasteiger partial charge on any atom is 0.221 e. The first-order valence-electron chi connectivity index (χ1n) is 12.7. The van der Waals surface area contributed by atoms with Crippen LogP contribution in [0.3, 0.4) is 0 Å². The van der Waals surface area contributed by atoms with E-state index in [1.165, 1.54) is 16.4 Å². The van der Waals surface area contributed by atoms with E-state index in [2.05, 4.69) is 10.6 Å². The first kappa shape index (κ1) is 30.7. The third kappa shape index (κ3) is 10.8. The molecule has 2 aromatic rings. The molecule has 8 nitrogen and oxygen atoms in total. The Morgan fingerprint density at radius 1 is 1.08 bits per heavy atom. The van der Waals surface area contributed by atoms with E-state index in [0.717, 1.165) is 16.9 Å². The third-order valence-electron chi connectivity index (χ3n) is 5.92. The van der Waals surface area contributed by atoms with Crippen molar-refractivity contribution in [2.45, 2.75) is 58.2 Å². The van der Waals surface area contributed by atoms with E-state index in [0.29, 0.717) is 32.5 Å². The lowest BCUT2D eigenvalue weighted by atomic mass is 10.0. The molecule has 0 aliphatic carbocycles. The normalized spacial score (nSPS) is 13.4. The SMILES string of the molecule is CCCN(CCC)S(=O)(=O)CCC(=O)N[C@@H](Cc1ccc(F)cc1)[C@H](O)CNCc1cccc(OC)c1. The molecule has 0 saturated heterocycles. The number of carbonyl (C=O) groups is 1. The average Bonchev–Trinajstić information content (AvgIpc) is 2.88. The van der Waals surface area contributed by atoms with Gasteiger partial charge in [-0.2, -0.15) is 0 Å². The molecular weight excluding hydrogens is 497 g/mol. The van der Waals surface area contributed by atoms with Crippen molar-refractivity contribution < 1.29 is 27.4 Å². The predicted octanol–water partition coefficient (Wildman–Crippen LogP) is 2.85. The number of carbonyl (C=O) groups excluding carboxylic acids is 1. The Kier molecular flexibility index (Phi) is 13.0. The summed E-state index contributed by atoms with van der Waals surface area (Å²) in [6.45, 7) is 5.32. The summed E-state index contributed by atoms with van der Waals surface area (Å²) >= 11 is 0. The minimum atomic E-state index is -3.57. The highest BCUT2D eigenvalue weighted by Gasteiger charge is 2.25. The number of aliphatic hydroxyl groups excluding tert-OH is 1. The Morgan fingerprint density at radius 3 is 2.38 bits per heavy atom. The van der Waals surface area contributed by atoms with E-state index >= 15 is 0 Å². The van der Waals surface area contributed by atoms with Crippen molar-refractivity contribution in [3.8, 4) is 5.75 Å². The molecule has 10 heteroatoms. The highest BCUT2D eigenvalue weighted by atomic mass is 32.2. The second kappa shape index (κ2) is 15.7. The number of ether oxygens (including phenoxy) is 1. The molecule has 0 bridgehead atoms. The van der Waals surface area contributed by atoms with E-state index in [1.54, 1.807) is 19.2 Å². The number of amides is 1. The quantitative estimate of drug-likeness (QED) is 0.287. The highest BCUT2D eigenvalue weighted by Crippen LogP contribution is 2.13. The lowest BCUT2D eigenvalue weighted by Gasteiger charge is -2.25. The van der Waals surface area contributed by atoms with E-state index < -0.39 is 28.1 Å². The van der Waals surface area contributed by atoms with Gasteiger partial charge in [-0.3, -0.25) is 4.79 Å². The summed E-state index contributed by atoms with van der Waals surface area (Å²) in [5, 5.41) is 16.9. The van der Waals surface area contributed by atoms with Gasteiger partial charge in [-0.15, -0.1) is 0 Å². The molecule has 0 aliphatic heterocycles. The summed E-state index contributed by atoms with van der Waals surface area (Å²) in [6, 6.07) is 12.7. The Morgan fingerprint density at radius 2 is 1.76 bits per heavy atom. The number of nitrogens with one attached hydrogen (secondary N) is 2. The van der Waals surface area contributed by atoms with E-state index in [4.69, 9.17) is 4.74 Å². The monoisotopic (exact) mass is 537 g/mol. The Hall–Kier alpha value is -2.53. The molecule has 2 atom stereocenters. The van der Waals surface area contributed by atoms with Crippen LogP contribution in [0.1, 0.15) is 44.2 Å². The molecule has 0 fully saturated rings. The zero-order valence-electron chi connectivity index (χ0n) is 22.0. The van der Waals surface area contributed by atoms with Gasteiger partial charge < -0.3 is 20.5 Å². The molecule has 2 aromatic carbocycles. The van der Waals surface area contributed by atoms with Crippen LogP contribution in [0.2, 0.25) is 0 Å².